The average molecular weight is 506 g/mol. The lowest BCUT2D eigenvalue weighted by atomic mass is 9.74. The van der Waals surface area contributed by atoms with Gasteiger partial charge in [0.15, 0.2) is 0 Å². The number of nitrogens with zero attached hydrogens (tertiary/aromatic N) is 1. The number of carbonyl (C=O) groups is 3. The number of fused-ring (bicyclic) bond motifs is 1. The Morgan fingerprint density at radius 3 is 2.61 bits per heavy atom. The number of rotatable bonds is 6. The summed E-state index contributed by atoms with van der Waals surface area (Å²) in [5.41, 5.74) is 0.645. The molecule has 3 amide bonds. The van der Waals surface area contributed by atoms with Crippen molar-refractivity contribution in [2.45, 2.75) is 69.4 Å². The van der Waals surface area contributed by atoms with Gasteiger partial charge in [0, 0.05) is 16.6 Å². The molecule has 1 aromatic heterocycles. The van der Waals surface area contributed by atoms with Gasteiger partial charge in [0.25, 0.3) is 0 Å². The minimum Gasteiger partial charge on any atom is -0.359 e. The van der Waals surface area contributed by atoms with Crippen LogP contribution in [0.4, 0.5) is 5.69 Å². The number of benzene rings is 1. The van der Waals surface area contributed by atoms with Gasteiger partial charge in [0.2, 0.25) is 17.7 Å². The van der Waals surface area contributed by atoms with Crippen LogP contribution < -0.4 is 10.6 Å². The van der Waals surface area contributed by atoms with E-state index in [-0.39, 0.29) is 23.8 Å². The highest BCUT2D eigenvalue weighted by molar-refractivity contribution is 7.09. The third-order valence-electron chi connectivity index (χ3n) is 8.10. The number of hydrogen-bond donors (Lipinski definition) is 2. The van der Waals surface area contributed by atoms with E-state index in [2.05, 4.69) is 10.6 Å². The molecule has 0 unspecified atom stereocenters. The molecule has 5 atom stereocenters. The van der Waals surface area contributed by atoms with E-state index in [1.54, 1.807) is 16.2 Å². The lowest BCUT2D eigenvalue weighted by molar-refractivity contribution is -0.142. The molecule has 188 valence electrons. The fraction of sp³-hybridized carbons (Fsp3) is 0.464. The number of ether oxygens (including phenoxy) is 1. The highest BCUT2D eigenvalue weighted by Crippen LogP contribution is 2.55. The third kappa shape index (κ3) is 3.87. The zero-order chi connectivity index (χ0) is 24.9. The van der Waals surface area contributed by atoms with E-state index in [0.717, 1.165) is 36.1 Å². The van der Waals surface area contributed by atoms with Gasteiger partial charge in [-0.15, -0.1) is 11.3 Å². The molecule has 0 radical (unpaired) electrons. The second kappa shape index (κ2) is 9.16. The minimum atomic E-state index is -1.13. The number of carbonyl (C=O) groups excluding carboxylic acids is 3. The molecule has 4 heterocycles. The first-order valence-corrected chi connectivity index (χ1v) is 13.7. The van der Waals surface area contributed by atoms with Crippen LogP contribution in [0.2, 0.25) is 0 Å². The summed E-state index contributed by atoms with van der Waals surface area (Å²) in [5.74, 6) is -2.05. The van der Waals surface area contributed by atoms with Crippen LogP contribution in [0.25, 0.3) is 0 Å². The first kappa shape index (κ1) is 23.4. The highest BCUT2D eigenvalue weighted by atomic mass is 32.1. The molecule has 2 bridgehead atoms. The van der Waals surface area contributed by atoms with E-state index in [1.807, 2.05) is 60.9 Å². The van der Waals surface area contributed by atoms with E-state index < -0.39 is 29.6 Å². The molecule has 1 saturated carbocycles. The van der Waals surface area contributed by atoms with Crippen molar-refractivity contribution in [3.63, 3.8) is 0 Å². The van der Waals surface area contributed by atoms with Crippen molar-refractivity contribution in [1.29, 1.82) is 0 Å². The van der Waals surface area contributed by atoms with Crippen LogP contribution in [-0.4, -0.2) is 46.4 Å². The number of anilines is 1. The summed E-state index contributed by atoms with van der Waals surface area (Å²) in [5, 5.41) is 8.16. The molecular formula is C28H31N3O4S. The zero-order valence-corrected chi connectivity index (χ0v) is 21.1. The first-order chi connectivity index (χ1) is 17.5. The average Bonchev–Trinajstić information content (AvgIpc) is 3.64. The number of amides is 3. The van der Waals surface area contributed by atoms with Crippen molar-refractivity contribution in [2.24, 2.45) is 11.8 Å². The second-order valence-electron chi connectivity index (χ2n) is 10.4. The Bertz CT molecular complexity index is 1190. The Kier molecular flexibility index (Phi) is 5.96. The summed E-state index contributed by atoms with van der Waals surface area (Å²) >= 11 is 1.55. The van der Waals surface area contributed by atoms with Crippen LogP contribution in [0.1, 0.15) is 42.5 Å². The SMILES string of the molecule is Cc1ccc(NC(=O)[C@H]2[C@H]3C=C[C@@]4(O3)[C@H]2C(=O)N(Cc2cccs2)[C@@H]4C(=O)NC2CCCCC2)cc1. The van der Waals surface area contributed by atoms with E-state index in [9.17, 15) is 14.4 Å². The summed E-state index contributed by atoms with van der Waals surface area (Å²) in [6.45, 7) is 2.31. The summed E-state index contributed by atoms with van der Waals surface area (Å²) < 4.78 is 6.43. The molecule has 4 aliphatic rings. The molecule has 8 heteroatoms. The second-order valence-corrected chi connectivity index (χ2v) is 11.5. The lowest BCUT2D eigenvalue weighted by Gasteiger charge is -2.34. The van der Waals surface area contributed by atoms with Crippen molar-refractivity contribution >= 4 is 34.7 Å². The van der Waals surface area contributed by atoms with Crippen LogP contribution >= 0.6 is 11.3 Å². The molecule has 2 N–H and O–H groups in total. The summed E-state index contributed by atoms with van der Waals surface area (Å²) in [6.07, 6.45) is 8.49. The Balaban J connectivity index is 1.31. The predicted molar refractivity (Wildman–Crippen MR) is 137 cm³/mol. The molecule has 6 rings (SSSR count). The minimum absolute atomic E-state index is 0.114. The van der Waals surface area contributed by atoms with E-state index in [1.165, 1.54) is 6.42 Å². The van der Waals surface area contributed by atoms with Crippen molar-refractivity contribution < 1.29 is 19.1 Å². The standard InChI is InChI=1S/C28H31N3O4S/c1-17-9-11-19(12-10-17)29-25(32)22-21-13-14-28(35-21)23(22)27(34)31(16-20-8-5-15-36-20)24(28)26(33)30-18-6-3-2-4-7-18/h5,8-15,18,21-24H,2-4,6-7,16H2,1H3,(H,29,32)(H,30,33)/t21-,22+,23-,24-,28-/m1/s1. The van der Waals surface area contributed by atoms with Gasteiger partial charge in [-0.25, -0.2) is 0 Å². The van der Waals surface area contributed by atoms with Gasteiger partial charge >= 0.3 is 0 Å². The number of likely N-dealkylation sites (tertiary alicyclic amines) is 1. The molecule has 3 fully saturated rings. The molecule has 36 heavy (non-hydrogen) atoms. The molecule has 1 spiro atoms. The van der Waals surface area contributed by atoms with Crippen LogP contribution in [-0.2, 0) is 25.7 Å². The fourth-order valence-electron chi connectivity index (χ4n) is 6.40. The van der Waals surface area contributed by atoms with Gasteiger partial charge in [0.05, 0.1) is 24.5 Å². The largest absolute Gasteiger partial charge is 0.359 e. The molecule has 3 aliphatic heterocycles. The fourth-order valence-corrected chi connectivity index (χ4v) is 7.10. The topological polar surface area (TPSA) is 87.7 Å². The van der Waals surface area contributed by atoms with Gasteiger partial charge in [-0.1, -0.05) is 55.2 Å². The molecule has 2 aromatic rings. The monoisotopic (exact) mass is 505 g/mol. The maximum atomic E-state index is 14.0. The van der Waals surface area contributed by atoms with Gasteiger partial charge in [0.1, 0.15) is 11.6 Å². The smallest absolute Gasteiger partial charge is 0.246 e. The van der Waals surface area contributed by atoms with Crippen molar-refractivity contribution in [3.8, 4) is 0 Å². The number of thiophene rings is 1. The number of hydrogen-bond acceptors (Lipinski definition) is 5. The number of aryl methyl sites for hydroxylation is 1. The van der Waals surface area contributed by atoms with Crippen molar-refractivity contribution in [3.05, 3.63) is 64.4 Å². The van der Waals surface area contributed by atoms with Gasteiger partial charge in [-0.05, 0) is 43.3 Å². The van der Waals surface area contributed by atoms with E-state index in [0.29, 0.717) is 12.2 Å². The van der Waals surface area contributed by atoms with E-state index in [4.69, 9.17) is 4.74 Å². The van der Waals surface area contributed by atoms with Crippen molar-refractivity contribution in [2.75, 3.05) is 5.32 Å². The van der Waals surface area contributed by atoms with E-state index >= 15 is 0 Å². The van der Waals surface area contributed by atoms with Crippen molar-refractivity contribution in [1.82, 2.24) is 10.2 Å². The molecule has 7 nitrogen and oxygen atoms in total. The maximum Gasteiger partial charge on any atom is 0.246 e. The Morgan fingerprint density at radius 2 is 1.89 bits per heavy atom. The maximum absolute atomic E-state index is 14.0. The Hall–Kier alpha value is -2.97. The summed E-state index contributed by atoms with van der Waals surface area (Å²) in [6, 6.07) is 10.8. The van der Waals surface area contributed by atoms with Gasteiger partial charge in [-0.2, -0.15) is 0 Å². The van der Waals surface area contributed by atoms with Crippen LogP contribution in [0, 0.1) is 18.8 Å². The first-order valence-electron chi connectivity index (χ1n) is 12.8. The summed E-state index contributed by atoms with van der Waals surface area (Å²) in [7, 11) is 0. The third-order valence-corrected chi connectivity index (χ3v) is 8.96. The van der Waals surface area contributed by atoms with Crippen LogP contribution in [0.15, 0.2) is 53.9 Å². The molecular weight excluding hydrogens is 474 g/mol. The summed E-state index contributed by atoms with van der Waals surface area (Å²) in [4.78, 5) is 43.9. The Labute approximate surface area is 214 Å². The van der Waals surface area contributed by atoms with Gasteiger partial charge < -0.3 is 20.3 Å². The predicted octanol–water partition coefficient (Wildman–Crippen LogP) is 3.79. The molecule has 1 aromatic carbocycles. The van der Waals surface area contributed by atoms with Crippen LogP contribution in [0.5, 0.6) is 0 Å². The number of nitrogens with one attached hydrogen (secondary N) is 2. The highest BCUT2D eigenvalue weighted by Gasteiger charge is 2.72. The Morgan fingerprint density at radius 1 is 1.11 bits per heavy atom. The van der Waals surface area contributed by atoms with Crippen LogP contribution in [0.3, 0.4) is 0 Å². The van der Waals surface area contributed by atoms with Gasteiger partial charge in [-0.3, -0.25) is 14.4 Å². The lowest BCUT2D eigenvalue weighted by Crippen LogP contribution is -2.56. The normalized spacial score (nSPS) is 31.0. The quantitative estimate of drug-likeness (QED) is 0.585. The zero-order valence-electron chi connectivity index (χ0n) is 20.3. The molecule has 2 saturated heterocycles. The molecule has 1 aliphatic carbocycles.